The summed E-state index contributed by atoms with van der Waals surface area (Å²) in [6, 6.07) is 10.6. The van der Waals surface area contributed by atoms with Crippen molar-refractivity contribution in [2.24, 2.45) is 0 Å². The highest BCUT2D eigenvalue weighted by Crippen LogP contribution is 2.40. The van der Waals surface area contributed by atoms with E-state index in [0.29, 0.717) is 0 Å². The summed E-state index contributed by atoms with van der Waals surface area (Å²) in [7, 11) is 0. The summed E-state index contributed by atoms with van der Waals surface area (Å²) >= 11 is 0. The van der Waals surface area contributed by atoms with Crippen molar-refractivity contribution in [1.82, 2.24) is 0 Å². The number of ether oxygens (including phenoxy) is 3. The third-order valence-electron chi connectivity index (χ3n) is 4.67. The zero-order valence-corrected chi connectivity index (χ0v) is 19.4. The summed E-state index contributed by atoms with van der Waals surface area (Å²) in [6.07, 6.45) is 8.63. The predicted molar refractivity (Wildman–Crippen MR) is 119 cm³/mol. The van der Waals surface area contributed by atoms with Crippen molar-refractivity contribution in [3.63, 3.8) is 0 Å². The fraction of sp³-hybridized carbons (Fsp3) is 0.760. The standard InChI is InChI=1S/C25H44O3/c1-8-9-10-11-12-16-19-24(23-17-14-13-15-18-23)25(26-20(2)3,27-21(4)5)28-22(6)7/h13-15,17-18,20-22,24H,8-12,16,19H2,1-7H3. The topological polar surface area (TPSA) is 27.7 Å². The van der Waals surface area contributed by atoms with Gasteiger partial charge in [0, 0.05) is 0 Å². The molecule has 0 spiro atoms. The quantitative estimate of drug-likeness (QED) is 0.229. The van der Waals surface area contributed by atoms with Crippen LogP contribution in [-0.4, -0.2) is 24.3 Å². The van der Waals surface area contributed by atoms with Crippen LogP contribution in [0.25, 0.3) is 0 Å². The highest BCUT2D eigenvalue weighted by atomic mass is 16.9. The minimum atomic E-state index is -1.07. The van der Waals surface area contributed by atoms with Crippen molar-refractivity contribution >= 4 is 0 Å². The van der Waals surface area contributed by atoms with E-state index >= 15 is 0 Å². The molecule has 0 bridgehead atoms. The van der Waals surface area contributed by atoms with E-state index in [1.165, 1.54) is 37.7 Å². The highest BCUT2D eigenvalue weighted by molar-refractivity contribution is 5.21. The van der Waals surface area contributed by atoms with Crippen molar-refractivity contribution in [2.45, 2.75) is 124 Å². The van der Waals surface area contributed by atoms with Crippen molar-refractivity contribution in [3.05, 3.63) is 35.9 Å². The molecule has 0 N–H and O–H groups in total. The molecule has 1 rings (SSSR count). The predicted octanol–water partition coefficient (Wildman–Crippen LogP) is 7.45. The van der Waals surface area contributed by atoms with Crippen LogP contribution in [0, 0.1) is 0 Å². The number of hydrogen-bond donors (Lipinski definition) is 0. The molecule has 0 aliphatic rings. The van der Waals surface area contributed by atoms with E-state index < -0.39 is 5.97 Å². The normalized spacial score (nSPS) is 13.6. The summed E-state index contributed by atoms with van der Waals surface area (Å²) in [5.74, 6) is -1.03. The molecule has 1 aromatic carbocycles. The van der Waals surface area contributed by atoms with Gasteiger partial charge in [-0.05, 0) is 53.5 Å². The van der Waals surface area contributed by atoms with Crippen molar-refractivity contribution < 1.29 is 14.2 Å². The molecule has 1 atom stereocenters. The molecule has 3 heteroatoms. The molecule has 0 aliphatic heterocycles. The summed E-state index contributed by atoms with van der Waals surface area (Å²) in [5, 5.41) is 0. The van der Waals surface area contributed by atoms with Gasteiger partial charge in [0.2, 0.25) is 0 Å². The number of unbranched alkanes of at least 4 members (excludes halogenated alkanes) is 5. The molecular weight excluding hydrogens is 348 g/mol. The Labute approximate surface area is 174 Å². The minimum Gasteiger partial charge on any atom is -0.324 e. The molecule has 0 aromatic heterocycles. The summed E-state index contributed by atoms with van der Waals surface area (Å²) in [6.45, 7) is 14.6. The molecule has 0 fully saturated rings. The van der Waals surface area contributed by atoms with E-state index in [0.717, 1.165) is 12.8 Å². The monoisotopic (exact) mass is 392 g/mol. The lowest BCUT2D eigenvalue weighted by Crippen LogP contribution is -2.49. The van der Waals surface area contributed by atoms with Crippen molar-refractivity contribution in [1.29, 1.82) is 0 Å². The Bertz CT molecular complexity index is 469. The van der Waals surface area contributed by atoms with Crippen LogP contribution in [0.5, 0.6) is 0 Å². The van der Waals surface area contributed by atoms with Gasteiger partial charge in [-0.2, -0.15) is 0 Å². The maximum absolute atomic E-state index is 6.43. The van der Waals surface area contributed by atoms with Crippen LogP contribution in [0.3, 0.4) is 0 Å². The number of rotatable bonds is 15. The summed E-state index contributed by atoms with van der Waals surface area (Å²) in [4.78, 5) is 0. The lowest BCUT2D eigenvalue weighted by molar-refractivity contribution is -0.420. The van der Waals surface area contributed by atoms with E-state index in [1.54, 1.807) is 0 Å². The van der Waals surface area contributed by atoms with Gasteiger partial charge >= 0.3 is 0 Å². The van der Waals surface area contributed by atoms with Gasteiger partial charge in [-0.25, -0.2) is 0 Å². The second kappa shape index (κ2) is 13.3. The molecular formula is C25H44O3. The van der Waals surface area contributed by atoms with Crippen LogP contribution in [0.4, 0.5) is 0 Å². The first-order chi connectivity index (χ1) is 13.3. The Morgan fingerprint density at radius 1 is 0.679 bits per heavy atom. The van der Waals surface area contributed by atoms with Crippen LogP contribution in [0.1, 0.15) is 105 Å². The van der Waals surface area contributed by atoms with E-state index in [-0.39, 0.29) is 24.2 Å². The molecule has 0 saturated heterocycles. The van der Waals surface area contributed by atoms with Crippen LogP contribution < -0.4 is 0 Å². The van der Waals surface area contributed by atoms with Gasteiger partial charge in [0.1, 0.15) is 0 Å². The highest BCUT2D eigenvalue weighted by Gasteiger charge is 2.45. The Morgan fingerprint density at radius 2 is 1.14 bits per heavy atom. The third-order valence-corrected chi connectivity index (χ3v) is 4.67. The molecule has 0 aliphatic carbocycles. The third kappa shape index (κ3) is 9.07. The van der Waals surface area contributed by atoms with Gasteiger partial charge in [-0.15, -0.1) is 0 Å². The smallest absolute Gasteiger partial charge is 0.290 e. The average molecular weight is 393 g/mol. The lowest BCUT2D eigenvalue weighted by atomic mass is 9.90. The fourth-order valence-corrected chi connectivity index (χ4v) is 3.68. The first kappa shape index (κ1) is 25.1. The van der Waals surface area contributed by atoms with Crippen LogP contribution in [-0.2, 0) is 14.2 Å². The molecule has 0 heterocycles. The Hall–Kier alpha value is -0.900. The molecule has 0 amide bonds. The second-order valence-electron chi connectivity index (χ2n) is 8.62. The Kier molecular flexibility index (Phi) is 12.0. The van der Waals surface area contributed by atoms with E-state index in [1.807, 2.05) is 0 Å². The first-order valence-electron chi connectivity index (χ1n) is 11.4. The average Bonchev–Trinajstić information content (AvgIpc) is 2.59. The van der Waals surface area contributed by atoms with Crippen LogP contribution in [0.15, 0.2) is 30.3 Å². The Balaban J connectivity index is 3.12. The first-order valence-corrected chi connectivity index (χ1v) is 11.4. The van der Waals surface area contributed by atoms with Crippen molar-refractivity contribution in [3.8, 4) is 0 Å². The summed E-state index contributed by atoms with van der Waals surface area (Å²) in [5.41, 5.74) is 1.22. The van der Waals surface area contributed by atoms with Crippen LogP contribution in [0.2, 0.25) is 0 Å². The van der Waals surface area contributed by atoms with Gasteiger partial charge in [0.25, 0.3) is 5.97 Å². The second-order valence-corrected chi connectivity index (χ2v) is 8.62. The number of benzene rings is 1. The summed E-state index contributed by atoms with van der Waals surface area (Å²) < 4.78 is 19.3. The molecule has 162 valence electrons. The fourth-order valence-electron chi connectivity index (χ4n) is 3.68. The molecule has 1 aromatic rings. The van der Waals surface area contributed by atoms with E-state index in [2.05, 4.69) is 78.8 Å². The van der Waals surface area contributed by atoms with Crippen molar-refractivity contribution in [2.75, 3.05) is 0 Å². The molecule has 3 nitrogen and oxygen atoms in total. The van der Waals surface area contributed by atoms with Gasteiger partial charge in [0.05, 0.1) is 24.2 Å². The van der Waals surface area contributed by atoms with Gasteiger partial charge < -0.3 is 14.2 Å². The van der Waals surface area contributed by atoms with Gasteiger partial charge in [0.15, 0.2) is 0 Å². The molecule has 1 unspecified atom stereocenters. The Morgan fingerprint density at radius 3 is 1.61 bits per heavy atom. The maximum atomic E-state index is 6.43. The zero-order valence-electron chi connectivity index (χ0n) is 19.4. The minimum absolute atomic E-state index is 0.00765. The van der Waals surface area contributed by atoms with Crippen LogP contribution >= 0.6 is 0 Å². The SMILES string of the molecule is CCCCCCCCC(c1ccccc1)C(OC(C)C)(OC(C)C)OC(C)C. The maximum Gasteiger partial charge on any atom is 0.290 e. The van der Waals surface area contributed by atoms with Gasteiger partial charge in [-0.1, -0.05) is 75.8 Å². The van der Waals surface area contributed by atoms with E-state index in [4.69, 9.17) is 14.2 Å². The molecule has 0 radical (unpaired) electrons. The zero-order chi connectivity index (χ0) is 21.0. The molecule has 0 saturated carbocycles. The lowest BCUT2D eigenvalue weighted by Gasteiger charge is -2.43. The van der Waals surface area contributed by atoms with Gasteiger partial charge in [-0.3, -0.25) is 0 Å². The number of hydrogen-bond acceptors (Lipinski definition) is 3. The van der Waals surface area contributed by atoms with E-state index in [9.17, 15) is 0 Å². The largest absolute Gasteiger partial charge is 0.324 e. The molecule has 28 heavy (non-hydrogen) atoms.